The molecule has 1 aromatic heterocycles. The number of nitrogens with zero attached hydrogens (tertiary/aromatic N) is 1. The molecule has 26 heavy (non-hydrogen) atoms. The SMILES string of the molecule is CCNC(=NCc1ccc(OC)cc1OC)NCC(C)c1cccs1.I. The monoisotopic (exact) mass is 489 g/mol. The molecule has 0 bridgehead atoms. The highest BCUT2D eigenvalue weighted by molar-refractivity contribution is 14.0. The molecule has 2 N–H and O–H groups in total. The summed E-state index contributed by atoms with van der Waals surface area (Å²) in [6.07, 6.45) is 0. The fraction of sp³-hybridized carbons (Fsp3) is 0.421. The predicted molar refractivity (Wildman–Crippen MR) is 121 cm³/mol. The van der Waals surface area contributed by atoms with Gasteiger partial charge in [0, 0.05) is 35.5 Å². The van der Waals surface area contributed by atoms with Crippen molar-refractivity contribution in [2.45, 2.75) is 26.3 Å². The first kappa shape index (κ1) is 22.6. The lowest BCUT2D eigenvalue weighted by Crippen LogP contribution is -2.39. The van der Waals surface area contributed by atoms with Gasteiger partial charge in [-0.3, -0.25) is 0 Å². The van der Waals surface area contributed by atoms with Gasteiger partial charge in [0.05, 0.1) is 20.8 Å². The van der Waals surface area contributed by atoms with Gasteiger partial charge in [0.25, 0.3) is 0 Å². The molecule has 0 amide bonds. The number of halogens is 1. The second-order valence-corrected chi connectivity index (χ2v) is 6.65. The second kappa shape index (κ2) is 12.0. The maximum absolute atomic E-state index is 5.44. The molecule has 1 aromatic carbocycles. The van der Waals surface area contributed by atoms with E-state index in [1.807, 2.05) is 18.2 Å². The van der Waals surface area contributed by atoms with Crippen molar-refractivity contribution < 1.29 is 9.47 Å². The van der Waals surface area contributed by atoms with Gasteiger partial charge < -0.3 is 20.1 Å². The van der Waals surface area contributed by atoms with Crippen LogP contribution < -0.4 is 20.1 Å². The third-order valence-electron chi connectivity index (χ3n) is 3.85. The highest BCUT2D eigenvalue weighted by atomic mass is 127. The summed E-state index contributed by atoms with van der Waals surface area (Å²) >= 11 is 1.79. The Labute approximate surface area is 177 Å². The number of hydrogen-bond donors (Lipinski definition) is 2. The summed E-state index contributed by atoms with van der Waals surface area (Å²) in [6.45, 7) is 6.48. The summed E-state index contributed by atoms with van der Waals surface area (Å²) in [4.78, 5) is 6.05. The zero-order chi connectivity index (χ0) is 18.1. The highest BCUT2D eigenvalue weighted by Gasteiger charge is 2.08. The van der Waals surface area contributed by atoms with Crippen molar-refractivity contribution in [1.29, 1.82) is 0 Å². The Morgan fingerprint density at radius 1 is 1.19 bits per heavy atom. The number of hydrogen-bond acceptors (Lipinski definition) is 4. The molecule has 144 valence electrons. The topological polar surface area (TPSA) is 54.9 Å². The van der Waals surface area contributed by atoms with E-state index >= 15 is 0 Å². The Hall–Kier alpha value is -1.48. The van der Waals surface area contributed by atoms with Gasteiger partial charge in [-0.2, -0.15) is 0 Å². The summed E-state index contributed by atoms with van der Waals surface area (Å²) < 4.78 is 10.7. The van der Waals surface area contributed by atoms with E-state index in [1.54, 1.807) is 25.6 Å². The van der Waals surface area contributed by atoms with Crippen LogP contribution in [0.15, 0.2) is 40.7 Å². The fourth-order valence-electron chi connectivity index (χ4n) is 2.41. The number of guanidine groups is 1. The largest absolute Gasteiger partial charge is 0.497 e. The number of aliphatic imine (C=N–C) groups is 1. The standard InChI is InChI=1S/C19H27N3O2S.HI/c1-5-20-19(21-12-14(2)18-7-6-10-25-18)22-13-15-8-9-16(23-3)11-17(15)24-4;/h6-11,14H,5,12-13H2,1-4H3,(H2,20,21,22);1H. The minimum absolute atomic E-state index is 0. The molecule has 1 heterocycles. The second-order valence-electron chi connectivity index (χ2n) is 5.67. The molecule has 0 radical (unpaired) electrons. The van der Waals surface area contributed by atoms with E-state index in [0.29, 0.717) is 12.5 Å². The Morgan fingerprint density at radius 3 is 2.62 bits per heavy atom. The van der Waals surface area contributed by atoms with Crippen molar-refractivity contribution in [2.75, 3.05) is 27.3 Å². The molecule has 2 aromatic rings. The van der Waals surface area contributed by atoms with Crippen molar-refractivity contribution >= 4 is 41.3 Å². The number of nitrogens with one attached hydrogen (secondary N) is 2. The van der Waals surface area contributed by atoms with Crippen LogP contribution in [0.5, 0.6) is 11.5 Å². The van der Waals surface area contributed by atoms with E-state index in [0.717, 1.165) is 36.1 Å². The third kappa shape index (κ3) is 6.68. The van der Waals surface area contributed by atoms with Gasteiger partial charge >= 0.3 is 0 Å². The molecule has 0 spiro atoms. The average Bonchev–Trinajstić information content (AvgIpc) is 3.18. The average molecular weight is 489 g/mol. The molecule has 0 aliphatic rings. The molecule has 2 rings (SSSR count). The van der Waals surface area contributed by atoms with Gasteiger partial charge in [-0.25, -0.2) is 4.99 Å². The zero-order valence-corrected chi connectivity index (χ0v) is 18.9. The van der Waals surface area contributed by atoms with E-state index in [9.17, 15) is 0 Å². The van der Waals surface area contributed by atoms with Crippen LogP contribution in [0.1, 0.15) is 30.2 Å². The van der Waals surface area contributed by atoms with Crippen molar-refractivity contribution in [2.24, 2.45) is 4.99 Å². The molecule has 0 aliphatic heterocycles. The first-order chi connectivity index (χ1) is 12.2. The van der Waals surface area contributed by atoms with Crippen LogP contribution in [0.3, 0.4) is 0 Å². The quantitative estimate of drug-likeness (QED) is 0.331. The Balaban J connectivity index is 0.00000338. The molecule has 7 heteroatoms. The van der Waals surface area contributed by atoms with Crippen LogP contribution in [0.2, 0.25) is 0 Å². The lowest BCUT2D eigenvalue weighted by Gasteiger charge is -2.15. The van der Waals surface area contributed by atoms with Crippen LogP contribution in [0, 0.1) is 0 Å². The smallest absolute Gasteiger partial charge is 0.191 e. The minimum Gasteiger partial charge on any atom is -0.497 e. The molecule has 5 nitrogen and oxygen atoms in total. The Bertz CT molecular complexity index is 677. The minimum atomic E-state index is 0. The van der Waals surface area contributed by atoms with Crippen LogP contribution in [0.4, 0.5) is 0 Å². The van der Waals surface area contributed by atoms with Crippen molar-refractivity contribution in [3.8, 4) is 11.5 Å². The maximum Gasteiger partial charge on any atom is 0.191 e. The molecule has 1 unspecified atom stereocenters. The summed E-state index contributed by atoms with van der Waals surface area (Å²) in [5.74, 6) is 2.81. The number of methoxy groups -OCH3 is 2. The maximum atomic E-state index is 5.44. The number of benzene rings is 1. The fourth-order valence-corrected chi connectivity index (χ4v) is 3.20. The highest BCUT2D eigenvalue weighted by Crippen LogP contribution is 2.25. The van der Waals surface area contributed by atoms with Gasteiger partial charge in [-0.15, -0.1) is 35.3 Å². The van der Waals surface area contributed by atoms with E-state index in [1.165, 1.54) is 4.88 Å². The van der Waals surface area contributed by atoms with Crippen molar-refractivity contribution in [3.05, 3.63) is 46.2 Å². The van der Waals surface area contributed by atoms with Crippen molar-refractivity contribution in [3.63, 3.8) is 0 Å². The van der Waals surface area contributed by atoms with Gasteiger partial charge in [-0.05, 0) is 30.5 Å². The summed E-state index contributed by atoms with van der Waals surface area (Å²) in [5, 5.41) is 8.82. The Kier molecular flexibility index (Phi) is 10.4. The first-order valence-electron chi connectivity index (χ1n) is 8.44. The van der Waals surface area contributed by atoms with Gasteiger partial charge in [-0.1, -0.05) is 13.0 Å². The Morgan fingerprint density at radius 2 is 2.00 bits per heavy atom. The summed E-state index contributed by atoms with van der Waals surface area (Å²) in [6, 6.07) is 10.0. The first-order valence-corrected chi connectivity index (χ1v) is 9.32. The van der Waals surface area contributed by atoms with E-state index in [-0.39, 0.29) is 24.0 Å². The van der Waals surface area contributed by atoms with Crippen LogP contribution >= 0.6 is 35.3 Å². The van der Waals surface area contributed by atoms with Crippen molar-refractivity contribution in [1.82, 2.24) is 10.6 Å². The normalized spacial score (nSPS) is 12.1. The molecule has 1 atom stereocenters. The molecule has 0 saturated heterocycles. The molecular weight excluding hydrogens is 461 g/mol. The van der Waals surface area contributed by atoms with Gasteiger partial charge in [0.15, 0.2) is 5.96 Å². The van der Waals surface area contributed by atoms with E-state index in [4.69, 9.17) is 9.47 Å². The zero-order valence-electron chi connectivity index (χ0n) is 15.7. The lowest BCUT2D eigenvalue weighted by atomic mass is 10.1. The molecule has 0 fully saturated rings. The van der Waals surface area contributed by atoms with Gasteiger partial charge in [0.1, 0.15) is 11.5 Å². The predicted octanol–water partition coefficient (Wildman–Crippen LogP) is 4.24. The van der Waals surface area contributed by atoms with Gasteiger partial charge in [0.2, 0.25) is 0 Å². The summed E-state index contributed by atoms with van der Waals surface area (Å²) in [5.41, 5.74) is 1.02. The van der Waals surface area contributed by atoms with E-state index in [2.05, 4.69) is 47.0 Å². The number of rotatable bonds is 8. The molecule has 0 aliphatic carbocycles. The van der Waals surface area contributed by atoms with Crippen LogP contribution in [-0.2, 0) is 6.54 Å². The van der Waals surface area contributed by atoms with E-state index < -0.39 is 0 Å². The number of thiophene rings is 1. The third-order valence-corrected chi connectivity index (χ3v) is 4.95. The molecule has 0 saturated carbocycles. The molecular formula is C19H28IN3O2S. The lowest BCUT2D eigenvalue weighted by molar-refractivity contribution is 0.391. The number of ether oxygens (including phenoxy) is 2. The summed E-state index contributed by atoms with van der Waals surface area (Å²) in [7, 11) is 3.31. The van der Waals surface area contributed by atoms with Crippen LogP contribution in [-0.4, -0.2) is 33.3 Å². The van der Waals surface area contributed by atoms with Crippen LogP contribution in [0.25, 0.3) is 0 Å².